The first-order valence-corrected chi connectivity index (χ1v) is 9.04. The minimum atomic E-state index is 0.167. The Kier molecular flexibility index (Phi) is 3.77. The highest BCUT2D eigenvalue weighted by molar-refractivity contribution is 9.11. The quantitative estimate of drug-likeness (QED) is 0.614. The fraction of sp³-hybridized carbons (Fsp3) is 0.588. The van der Waals surface area contributed by atoms with E-state index in [2.05, 4.69) is 57.5 Å². The van der Waals surface area contributed by atoms with Crippen molar-refractivity contribution in [2.75, 3.05) is 6.54 Å². The van der Waals surface area contributed by atoms with Crippen LogP contribution in [0.1, 0.15) is 50.4 Å². The van der Waals surface area contributed by atoms with Gasteiger partial charge < -0.3 is 4.90 Å². The number of likely N-dealkylation sites (tertiary alicyclic amines) is 1. The summed E-state index contributed by atoms with van der Waals surface area (Å²) < 4.78 is 1.85. The van der Waals surface area contributed by atoms with E-state index in [4.69, 9.17) is 0 Å². The number of hydrogen-bond donors (Lipinski definition) is 0. The number of rotatable bonds is 1. The number of nitrogens with zero attached hydrogens (tertiary/aromatic N) is 1. The van der Waals surface area contributed by atoms with Crippen LogP contribution in [0.2, 0.25) is 0 Å². The average molecular weight is 415 g/mol. The van der Waals surface area contributed by atoms with E-state index >= 15 is 0 Å². The Morgan fingerprint density at radius 2 is 1.95 bits per heavy atom. The average Bonchev–Trinajstić information content (AvgIpc) is 2.57. The van der Waals surface area contributed by atoms with Crippen LogP contribution in [0.4, 0.5) is 0 Å². The van der Waals surface area contributed by atoms with E-state index in [1.165, 1.54) is 6.42 Å². The Hall–Kier alpha value is -0.350. The monoisotopic (exact) mass is 413 g/mol. The summed E-state index contributed by atoms with van der Waals surface area (Å²) in [6.07, 6.45) is 3.47. The molecule has 2 atom stereocenters. The van der Waals surface area contributed by atoms with Gasteiger partial charge in [-0.25, -0.2) is 0 Å². The van der Waals surface area contributed by atoms with Crippen LogP contribution in [0.3, 0.4) is 0 Å². The van der Waals surface area contributed by atoms with E-state index < -0.39 is 0 Å². The Labute approximate surface area is 143 Å². The van der Waals surface area contributed by atoms with Crippen LogP contribution in [-0.4, -0.2) is 23.4 Å². The van der Waals surface area contributed by atoms with E-state index in [1.807, 2.05) is 18.2 Å². The predicted octanol–water partition coefficient (Wildman–Crippen LogP) is 5.25. The van der Waals surface area contributed by atoms with Gasteiger partial charge in [0.05, 0.1) is 5.56 Å². The summed E-state index contributed by atoms with van der Waals surface area (Å²) >= 11 is 6.97. The number of amides is 1. The van der Waals surface area contributed by atoms with Crippen LogP contribution < -0.4 is 0 Å². The molecule has 0 spiro atoms. The third-order valence-electron chi connectivity index (χ3n) is 4.84. The fourth-order valence-electron chi connectivity index (χ4n) is 4.51. The molecule has 1 aliphatic heterocycles. The lowest BCUT2D eigenvalue weighted by atomic mass is 9.65. The summed E-state index contributed by atoms with van der Waals surface area (Å²) in [5, 5.41) is 0. The highest BCUT2D eigenvalue weighted by atomic mass is 79.9. The summed E-state index contributed by atoms with van der Waals surface area (Å²) in [5.41, 5.74) is 1.39. The molecule has 2 nitrogen and oxygen atoms in total. The first-order chi connectivity index (χ1) is 9.69. The van der Waals surface area contributed by atoms with Gasteiger partial charge in [-0.2, -0.15) is 0 Å². The smallest absolute Gasteiger partial charge is 0.255 e. The molecule has 2 unspecified atom stereocenters. The lowest BCUT2D eigenvalue weighted by Crippen LogP contribution is -2.37. The molecule has 1 amide bonds. The molecule has 0 aromatic heterocycles. The van der Waals surface area contributed by atoms with Gasteiger partial charge in [-0.05, 0) is 64.2 Å². The highest BCUT2D eigenvalue weighted by Gasteiger charge is 2.51. The number of carbonyl (C=O) groups excluding carboxylic acids is 1. The molecule has 1 heterocycles. The minimum absolute atomic E-state index is 0.167. The lowest BCUT2D eigenvalue weighted by Gasteiger charge is -2.39. The molecule has 3 rings (SSSR count). The van der Waals surface area contributed by atoms with Gasteiger partial charge in [0.1, 0.15) is 0 Å². The van der Waals surface area contributed by atoms with E-state index in [1.54, 1.807) is 0 Å². The zero-order valence-electron chi connectivity index (χ0n) is 12.7. The molecule has 1 aromatic carbocycles. The van der Waals surface area contributed by atoms with E-state index in [-0.39, 0.29) is 11.3 Å². The van der Waals surface area contributed by atoms with Crippen molar-refractivity contribution in [2.24, 2.45) is 10.8 Å². The van der Waals surface area contributed by atoms with E-state index in [0.29, 0.717) is 11.5 Å². The van der Waals surface area contributed by atoms with Gasteiger partial charge in [0.2, 0.25) is 0 Å². The van der Waals surface area contributed by atoms with Gasteiger partial charge in [0, 0.05) is 21.5 Å². The summed E-state index contributed by atoms with van der Waals surface area (Å²) in [4.78, 5) is 15.1. The zero-order chi connectivity index (χ0) is 15.4. The van der Waals surface area contributed by atoms with Gasteiger partial charge in [0.25, 0.3) is 5.91 Å². The molecule has 1 saturated heterocycles. The molecule has 0 radical (unpaired) electrons. The van der Waals surface area contributed by atoms with Crippen LogP contribution in [0.25, 0.3) is 0 Å². The summed E-state index contributed by atoms with van der Waals surface area (Å²) in [6, 6.07) is 6.18. The maximum atomic E-state index is 13.0. The van der Waals surface area contributed by atoms with Crippen molar-refractivity contribution in [3.8, 4) is 0 Å². The number of halogens is 2. The molecule has 1 aromatic rings. The van der Waals surface area contributed by atoms with Gasteiger partial charge in [-0.1, -0.05) is 36.7 Å². The third-order valence-corrected chi connectivity index (χ3v) is 5.99. The molecular formula is C17H21Br2NO. The molecule has 1 saturated carbocycles. The van der Waals surface area contributed by atoms with Gasteiger partial charge >= 0.3 is 0 Å². The topological polar surface area (TPSA) is 20.3 Å². The van der Waals surface area contributed by atoms with Crippen molar-refractivity contribution < 1.29 is 4.79 Å². The lowest BCUT2D eigenvalue weighted by molar-refractivity contribution is 0.0707. The van der Waals surface area contributed by atoms with Gasteiger partial charge in [-0.3, -0.25) is 4.79 Å². The molecule has 2 bridgehead atoms. The van der Waals surface area contributed by atoms with Crippen molar-refractivity contribution in [1.29, 1.82) is 0 Å². The van der Waals surface area contributed by atoms with Crippen molar-refractivity contribution >= 4 is 37.8 Å². The Balaban J connectivity index is 1.90. The van der Waals surface area contributed by atoms with Crippen LogP contribution in [0.15, 0.2) is 27.1 Å². The summed E-state index contributed by atoms with van der Waals surface area (Å²) in [5.74, 6) is 0.167. The maximum Gasteiger partial charge on any atom is 0.255 e. The number of carbonyl (C=O) groups is 1. The van der Waals surface area contributed by atoms with Crippen molar-refractivity contribution in [2.45, 2.75) is 46.1 Å². The number of fused-ring (bicyclic) bond motifs is 2. The molecule has 2 aliphatic rings. The molecule has 1 aliphatic carbocycles. The van der Waals surface area contributed by atoms with Crippen LogP contribution in [0, 0.1) is 10.8 Å². The molecule has 2 fully saturated rings. The van der Waals surface area contributed by atoms with E-state index in [9.17, 15) is 4.79 Å². The van der Waals surface area contributed by atoms with E-state index in [0.717, 1.165) is 33.9 Å². The zero-order valence-corrected chi connectivity index (χ0v) is 15.9. The molecular weight excluding hydrogens is 394 g/mol. The van der Waals surface area contributed by atoms with Gasteiger partial charge in [-0.15, -0.1) is 0 Å². The highest BCUT2D eigenvalue weighted by Crippen LogP contribution is 2.52. The van der Waals surface area contributed by atoms with Crippen LogP contribution in [0.5, 0.6) is 0 Å². The first-order valence-electron chi connectivity index (χ1n) is 7.45. The second-order valence-corrected chi connectivity index (χ2v) is 9.54. The third kappa shape index (κ3) is 2.94. The maximum absolute atomic E-state index is 13.0. The SMILES string of the molecule is CC1(C)CC2CC(C)(CN2C(=O)c2ccc(Br)cc2Br)C1. The normalized spacial score (nSPS) is 30.5. The minimum Gasteiger partial charge on any atom is -0.335 e. The van der Waals surface area contributed by atoms with Crippen molar-refractivity contribution in [3.05, 3.63) is 32.7 Å². The predicted molar refractivity (Wildman–Crippen MR) is 92.4 cm³/mol. The first kappa shape index (κ1) is 15.5. The molecule has 21 heavy (non-hydrogen) atoms. The van der Waals surface area contributed by atoms with Crippen LogP contribution >= 0.6 is 31.9 Å². The Bertz CT molecular complexity index is 598. The second-order valence-electron chi connectivity index (χ2n) is 7.77. The second kappa shape index (κ2) is 5.09. The summed E-state index contributed by atoms with van der Waals surface area (Å²) in [7, 11) is 0. The number of hydrogen-bond acceptors (Lipinski definition) is 1. The number of benzene rings is 1. The Morgan fingerprint density at radius 1 is 1.24 bits per heavy atom. The Morgan fingerprint density at radius 3 is 2.62 bits per heavy atom. The largest absolute Gasteiger partial charge is 0.335 e. The standard InChI is InChI=1S/C17H21Br2NO/c1-16(2)7-12-8-17(3,9-16)10-20(12)15(21)13-5-4-11(18)6-14(13)19/h4-6,12H,7-10H2,1-3H3. The molecule has 0 N–H and O–H groups in total. The molecule has 4 heteroatoms. The van der Waals surface area contributed by atoms with Crippen molar-refractivity contribution in [3.63, 3.8) is 0 Å². The fourth-order valence-corrected chi connectivity index (χ4v) is 5.73. The molecule has 114 valence electrons. The van der Waals surface area contributed by atoms with Gasteiger partial charge in [0.15, 0.2) is 0 Å². The van der Waals surface area contributed by atoms with Crippen molar-refractivity contribution in [1.82, 2.24) is 4.90 Å². The van der Waals surface area contributed by atoms with Crippen LogP contribution in [-0.2, 0) is 0 Å². The summed E-state index contributed by atoms with van der Waals surface area (Å²) in [6.45, 7) is 7.90.